The van der Waals surface area contributed by atoms with Crippen LogP contribution in [0, 0.1) is 0 Å². The van der Waals surface area contributed by atoms with Crippen LogP contribution in [-0.4, -0.2) is 44.3 Å². The van der Waals surface area contributed by atoms with Gasteiger partial charge in [-0.1, -0.05) is 38.1 Å². The zero-order valence-corrected chi connectivity index (χ0v) is 13.6. The summed E-state index contributed by atoms with van der Waals surface area (Å²) < 4.78 is 5.36. The molecule has 0 amide bonds. The van der Waals surface area contributed by atoms with E-state index < -0.39 is 0 Å². The van der Waals surface area contributed by atoms with Gasteiger partial charge >= 0.3 is 0 Å². The number of rotatable bonds is 8. The van der Waals surface area contributed by atoms with E-state index in [2.05, 4.69) is 48.3 Å². The van der Waals surface area contributed by atoms with Gasteiger partial charge in [0.05, 0.1) is 13.2 Å². The molecule has 0 bridgehead atoms. The van der Waals surface area contributed by atoms with Crippen molar-refractivity contribution in [1.29, 1.82) is 0 Å². The van der Waals surface area contributed by atoms with E-state index in [0.29, 0.717) is 5.92 Å². The molecule has 1 fully saturated rings. The second kappa shape index (κ2) is 9.19. The summed E-state index contributed by atoms with van der Waals surface area (Å²) in [6.45, 7) is 11.8. The molecular formula is C18H30N2O. The molecule has 118 valence electrons. The van der Waals surface area contributed by atoms with Crippen LogP contribution >= 0.6 is 0 Å². The molecule has 0 radical (unpaired) electrons. The van der Waals surface area contributed by atoms with Gasteiger partial charge < -0.3 is 10.1 Å². The Morgan fingerprint density at radius 3 is 2.48 bits per heavy atom. The summed E-state index contributed by atoms with van der Waals surface area (Å²) in [5.74, 6) is 0.618. The first-order valence-electron chi connectivity index (χ1n) is 8.35. The minimum Gasteiger partial charge on any atom is -0.379 e. The molecule has 0 aromatic heterocycles. The van der Waals surface area contributed by atoms with Crippen LogP contribution in [0.5, 0.6) is 0 Å². The van der Waals surface area contributed by atoms with Crippen LogP contribution in [0.1, 0.15) is 43.7 Å². The lowest BCUT2D eigenvalue weighted by molar-refractivity contribution is 0.0372. The topological polar surface area (TPSA) is 24.5 Å². The summed E-state index contributed by atoms with van der Waals surface area (Å²) in [5, 5.41) is 3.54. The van der Waals surface area contributed by atoms with Crippen molar-refractivity contribution < 1.29 is 4.74 Å². The van der Waals surface area contributed by atoms with Crippen molar-refractivity contribution in [3.8, 4) is 0 Å². The van der Waals surface area contributed by atoms with E-state index >= 15 is 0 Å². The number of hydrogen-bond donors (Lipinski definition) is 1. The Morgan fingerprint density at radius 1 is 1.10 bits per heavy atom. The Balaban J connectivity index is 1.53. The number of ether oxygens (including phenoxy) is 1. The lowest BCUT2D eigenvalue weighted by atomic mass is 10.0. The van der Waals surface area contributed by atoms with Gasteiger partial charge in [0.25, 0.3) is 0 Å². The van der Waals surface area contributed by atoms with E-state index in [4.69, 9.17) is 4.74 Å². The van der Waals surface area contributed by atoms with Crippen molar-refractivity contribution in [1.82, 2.24) is 10.2 Å². The normalized spacial score (nSPS) is 16.5. The second-order valence-corrected chi connectivity index (χ2v) is 6.23. The van der Waals surface area contributed by atoms with Crippen LogP contribution in [0.15, 0.2) is 24.3 Å². The smallest absolute Gasteiger partial charge is 0.0594 e. The largest absolute Gasteiger partial charge is 0.379 e. The molecule has 0 saturated carbocycles. The van der Waals surface area contributed by atoms with Crippen molar-refractivity contribution in [3.05, 3.63) is 35.4 Å². The first-order chi connectivity index (χ1) is 10.3. The fraction of sp³-hybridized carbons (Fsp3) is 0.667. The molecule has 0 atom stereocenters. The maximum Gasteiger partial charge on any atom is 0.0594 e. The lowest BCUT2D eigenvalue weighted by Gasteiger charge is -2.26. The molecule has 1 aliphatic rings. The fourth-order valence-electron chi connectivity index (χ4n) is 2.66. The van der Waals surface area contributed by atoms with Crippen molar-refractivity contribution in [3.63, 3.8) is 0 Å². The second-order valence-electron chi connectivity index (χ2n) is 6.23. The molecule has 1 aromatic rings. The van der Waals surface area contributed by atoms with Gasteiger partial charge in [0.15, 0.2) is 0 Å². The molecule has 21 heavy (non-hydrogen) atoms. The van der Waals surface area contributed by atoms with Gasteiger partial charge in [-0.2, -0.15) is 0 Å². The highest BCUT2D eigenvalue weighted by molar-refractivity contribution is 5.24. The lowest BCUT2D eigenvalue weighted by Crippen LogP contribution is -2.37. The zero-order chi connectivity index (χ0) is 14.9. The molecule has 1 saturated heterocycles. The number of hydrogen-bond acceptors (Lipinski definition) is 3. The fourth-order valence-corrected chi connectivity index (χ4v) is 2.66. The Hall–Kier alpha value is -0.900. The van der Waals surface area contributed by atoms with Gasteiger partial charge in [-0.3, -0.25) is 4.90 Å². The molecule has 1 heterocycles. The van der Waals surface area contributed by atoms with Gasteiger partial charge in [-0.15, -0.1) is 0 Å². The SMILES string of the molecule is CC(C)c1ccc(CNCCCCN2CCOCC2)cc1. The highest BCUT2D eigenvalue weighted by Crippen LogP contribution is 2.14. The average molecular weight is 290 g/mol. The van der Waals surface area contributed by atoms with Crippen LogP contribution < -0.4 is 5.32 Å². The molecule has 0 unspecified atom stereocenters. The van der Waals surface area contributed by atoms with Gasteiger partial charge in [-0.25, -0.2) is 0 Å². The predicted molar refractivity (Wildman–Crippen MR) is 88.7 cm³/mol. The molecule has 0 spiro atoms. The molecular weight excluding hydrogens is 260 g/mol. The summed E-state index contributed by atoms with van der Waals surface area (Å²) in [6, 6.07) is 8.99. The summed E-state index contributed by atoms with van der Waals surface area (Å²) >= 11 is 0. The number of nitrogens with one attached hydrogen (secondary N) is 1. The first kappa shape index (κ1) is 16.5. The molecule has 1 N–H and O–H groups in total. The van der Waals surface area contributed by atoms with Crippen LogP contribution in [0.4, 0.5) is 0 Å². The third kappa shape index (κ3) is 6.16. The van der Waals surface area contributed by atoms with E-state index in [-0.39, 0.29) is 0 Å². The number of nitrogens with zero attached hydrogens (tertiary/aromatic N) is 1. The van der Waals surface area contributed by atoms with Gasteiger partial charge in [0, 0.05) is 19.6 Å². The van der Waals surface area contributed by atoms with Crippen molar-refractivity contribution in [2.45, 2.75) is 39.2 Å². The van der Waals surface area contributed by atoms with Crippen LogP contribution in [-0.2, 0) is 11.3 Å². The Kier molecular flexibility index (Phi) is 7.20. The van der Waals surface area contributed by atoms with Gasteiger partial charge in [0.1, 0.15) is 0 Å². The Morgan fingerprint density at radius 2 is 1.81 bits per heavy atom. The van der Waals surface area contributed by atoms with Crippen LogP contribution in [0.25, 0.3) is 0 Å². The third-order valence-electron chi connectivity index (χ3n) is 4.16. The summed E-state index contributed by atoms with van der Waals surface area (Å²) in [7, 11) is 0. The molecule has 1 aromatic carbocycles. The van der Waals surface area contributed by atoms with Crippen molar-refractivity contribution in [2.24, 2.45) is 0 Å². The minimum absolute atomic E-state index is 0.618. The van der Waals surface area contributed by atoms with Gasteiger partial charge in [0.2, 0.25) is 0 Å². The maximum absolute atomic E-state index is 5.36. The number of morpholine rings is 1. The van der Waals surface area contributed by atoms with E-state index in [0.717, 1.165) is 39.4 Å². The molecule has 3 heteroatoms. The van der Waals surface area contributed by atoms with E-state index in [1.54, 1.807) is 0 Å². The predicted octanol–water partition coefficient (Wildman–Crippen LogP) is 3.01. The standard InChI is InChI=1S/C18H30N2O/c1-16(2)18-7-5-17(6-8-18)15-19-9-3-4-10-20-11-13-21-14-12-20/h5-8,16,19H,3-4,9-15H2,1-2H3. The summed E-state index contributed by atoms with van der Waals surface area (Å²) in [5.41, 5.74) is 2.80. The van der Waals surface area contributed by atoms with E-state index in [1.807, 2.05) is 0 Å². The molecule has 0 aliphatic carbocycles. The summed E-state index contributed by atoms with van der Waals surface area (Å²) in [6.07, 6.45) is 2.53. The highest BCUT2D eigenvalue weighted by Gasteiger charge is 2.08. The number of benzene rings is 1. The monoisotopic (exact) mass is 290 g/mol. The number of unbranched alkanes of at least 4 members (excludes halogenated alkanes) is 1. The first-order valence-corrected chi connectivity index (χ1v) is 8.35. The van der Waals surface area contributed by atoms with Crippen molar-refractivity contribution in [2.75, 3.05) is 39.4 Å². The summed E-state index contributed by atoms with van der Waals surface area (Å²) in [4.78, 5) is 2.51. The van der Waals surface area contributed by atoms with Crippen molar-refractivity contribution >= 4 is 0 Å². The molecule has 3 nitrogen and oxygen atoms in total. The quantitative estimate of drug-likeness (QED) is 0.745. The molecule has 2 rings (SSSR count). The minimum atomic E-state index is 0.618. The zero-order valence-electron chi connectivity index (χ0n) is 13.6. The van der Waals surface area contributed by atoms with Crippen LogP contribution in [0.3, 0.4) is 0 Å². The molecule has 1 aliphatic heterocycles. The van der Waals surface area contributed by atoms with E-state index in [1.165, 1.54) is 30.5 Å². The Labute approximate surface area is 129 Å². The van der Waals surface area contributed by atoms with E-state index in [9.17, 15) is 0 Å². The maximum atomic E-state index is 5.36. The third-order valence-corrected chi connectivity index (χ3v) is 4.16. The van der Waals surface area contributed by atoms with Gasteiger partial charge in [-0.05, 0) is 43.0 Å². The van der Waals surface area contributed by atoms with Crippen LogP contribution in [0.2, 0.25) is 0 Å². The average Bonchev–Trinajstić information content (AvgIpc) is 2.52. The highest BCUT2D eigenvalue weighted by atomic mass is 16.5. The Bertz CT molecular complexity index is 383.